The third-order valence-electron chi connectivity index (χ3n) is 3.94. The van der Waals surface area contributed by atoms with Gasteiger partial charge in [-0.3, -0.25) is 4.79 Å². The summed E-state index contributed by atoms with van der Waals surface area (Å²) in [6.07, 6.45) is 0. The molecule has 0 radical (unpaired) electrons. The third kappa shape index (κ3) is 3.87. The number of rotatable bonds is 3. The monoisotopic (exact) mass is 476 g/mol. The minimum atomic E-state index is -0.266. The normalized spacial score (nSPS) is 10.9. The molecule has 0 unspecified atom stereocenters. The van der Waals surface area contributed by atoms with Crippen molar-refractivity contribution in [3.63, 3.8) is 0 Å². The van der Waals surface area contributed by atoms with Crippen LogP contribution in [-0.2, 0) is 0 Å². The van der Waals surface area contributed by atoms with E-state index in [1.54, 1.807) is 29.5 Å². The van der Waals surface area contributed by atoms with Gasteiger partial charge in [-0.2, -0.15) is 0 Å². The maximum absolute atomic E-state index is 12.7. The van der Waals surface area contributed by atoms with Crippen LogP contribution in [0.4, 0.5) is 5.69 Å². The molecule has 0 saturated carbocycles. The summed E-state index contributed by atoms with van der Waals surface area (Å²) < 4.78 is 2.00. The van der Waals surface area contributed by atoms with Crippen LogP contribution >= 0.6 is 50.5 Å². The van der Waals surface area contributed by atoms with Crippen LogP contribution in [0.15, 0.2) is 65.1 Å². The van der Waals surface area contributed by atoms with Gasteiger partial charge < -0.3 is 5.32 Å². The van der Waals surface area contributed by atoms with E-state index in [0.717, 1.165) is 25.3 Å². The number of hydrogen-bond donors (Lipinski definition) is 1. The second-order valence-corrected chi connectivity index (χ2v) is 8.52. The fourth-order valence-corrected chi connectivity index (χ4v) is 4.28. The molecule has 4 rings (SSSR count). The number of carbonyl (C=O) groups is 1. The van der Waals surface area contributed by atoms with Crippen LogP contribution < -0.4 is 5.32 Å². The van der Waals surface area contributed by atoms with Crippen LogP contribution in [0.25, 0.3) is 20.8 Å². The molecule has 0 aliphatic heterocycles. The lowest BCUT2D eigenvalue weighted by atomic mass is 10.1. The quantitative estimate of drug-likeness (QED) is 0.336. The van der Waals surface area contributed by atoms with E-state index in [1.165, 1.54) is 0 Å². The Balaban J connectivity index is 1.73. The molecule has 0 bridgehead atoms. The van der Waals surface area contributed by atoms with Crippen LogP contribution in [-0.4, -0.2) is 10.9 Å². The zero-order valence-corrected chi connectivity index (χ0v) is 17.6. The average molecular weight is 478 g/mol. The Morgan fingerprint density at radius 2 is 1.81 bits per heavy atom. The van der Waals surface area contributed by atoms with Crippen molar-refractivity contribution >= 4 is 72.3 Å². The van der Waals surface area contributed by atoms with Gasteiger partial charge in [0.2, 0.25) is 0 Å². The van der Waals surface area contributed by atoms with Crippen molar-refractivity contribution in [2.75, 3.05) is 5.32 Å². The van der Waals surface area contributed by atoms with E-state index in [1.807, 2.05) is 42.5 Å². The van der Waals surface area contributed by atoms with Gasteiger partial charge in [0, 0.05) is 15.6 Å². The third-order valence-corrected chi connectivity index (χ3v) is 6.24. The van der Waals surface area contributed by atoms with Gasteiger partial charge in [-0.1, -0.05) is 51.3 Å². The summed E-state index contributed by atoms with van der Waals surface area (Å²) in [6.45, 7) is 0. The van der Waals surface area contributed by atoms with Crippen LogP contribution in [0.2, 0.25) is 10.0 Å². The first-order valence-corrected chi connectivity index (χ1v) is 10.3. The molecule has 0 fully saturated rings. The van der Waals surface area contributed by atoms with Gasteiger partial charge >= 0.3 is 0 Å². The van der Waals surface area contributed by atoms with Crippen molar-refractivity contribution in [1.82, 2.24) is 4.98 Å². The number of fused-ring (bicyclic) bond motifs is 1. The Morgan fingerprint density at radius 1 is 1.00 bits per heavy atom. The van der Waals surface area contributed by atoms with Gasteiger partial charge in [0.25, 0.3) is 5.91 Å². The van der Waals surface area contributed by atoms with E-state index in [0.29, 0.717) is 21.3 Å². The highest BCUT2D eigenvalue weighted by Crippen LogP contribution is 2.36. The molecule has 1 heterocycles. The molecule has 0 spiro atoms. The molecule has 7 heteroatoms. The summed E-state index contributed by atoms with van der Waals surface area (Å²) >= 11 is 17.0. The number of nitrogens with zero attached hydrogens (tertiary/aromatic N) is 1. The second kappa shape index (κ2) is 7.60. The Bertz CT molecular complexity index is 1140. The Kier molecular flexibility index (Phi) is 5.19. The molecule has 0 saturated heterocycles. The average Bonchev–Trinajstić information content (AvgIpc) is 3.09. The SMILES string of the molecule is O=C(Nc1ccc(Br)cc1-c1nc2ccccc2s1)c1ccc(Cl)c(Cl)c1. The Labute approximate surface area is 178 Å². The topological polar surface area (TPSA) is 42.0 Å². The van der Waals surface area contributed by atoms with Gasteiger partial charge in [-0.05, 0) is 48.5 Å². The summed E-state index contributed by atoms with van der Waals surface area (Å²) in [5, 5.41) is 4.53. The van der Waals surface area contributed by atoms with Crippen LogP contribution in [0.5, 0.6) is 0 Å². The largest absolute Gasteiger partial charge is 0.321 e. The first-order valence-electron chi connectivity index (χ1n) is 7.93. The van der Waals surface area contributed by atoms with Gasteiger partial charge in [0.1, 0.15) is 5.01 Å². The molecule has 1 aromatic heterocycles. The van der Waals surface area contributed by atoms with Gasteiger partial charge in [0.15, 0.2) is 0 Å². The smallest absolute Gasteiger partial charge is 0.255 e. The zero-order valence-electron chi connectivity index (χ0n) is 13.7. The molecule has 0 atom stereocenters. The van der Waals surface area contributed by atoms with Crippen molar-refractivity contribution < 1.29 is 4.79 Å². The van der Waals surface area contributed by atoms with Crippen LogP contribution in [0, 0.1) is 0 Å². The maximum Gasteiger partial charge on any atom is 0.255 e. The molecule has 1 N–H and O–H groups in total. The molecule has 1 amide bonds. The van der Waals surface area contributed by atoms with Gasteiger partial charge in [0.05, 0.1) is 25.9 Å². The first kappa shape index (κ1) is 18.4. The first-order chi connectivity index (χ1) is 13.0. The van der Waals surface area contributed by atoms with Crippen molar-refractivity contribution in [2.45, 2.75) is 0 Å². The minimum absolute atomic E-state index is 0.266. The van der Waals surface area contributed by atoms with E-state index in [2.05, 4.69) is 21.2 Å². The standard InChI is InChI=1S/C20H11BrCl2N2OS/c21-12-6-8-16(24-19(26)11-5-7-14(22)15(23)9-11)13(10-12)20-25-17-3-1-2-4-18(17)27-20/h1-10H,(H,24,26). The molecule has 27 heavy (non-hydrogen) atoms. The summed E-state index contributed by atoms with van der Waals surface area (Å²) in [6, 6.07) is 18.4. The van der Waals surface area contributed by atoms with Crippen LogP contribution in [0.3, 0.4) is 0 Å². The van der Waals surface area contributed by atoms with Gasteiger partial charge in [-0.25, -0.2) is 4.98 Å². The molecule has 134 valence electrons. The highest BCUT2D eigenvalue weighted by Gasteiger charge is 2.15. The van der Waals surface area contributed by atoms with Crippen molar-refractivity contribution in [1.29, 1.82) is 0 Å². The molecular formula is C20H11BrCl2N2OS. The van der Waals surface area contributed by atoms with Crippen molar-refractivity contribution in [3.8, 4) is 10.6 Å². The van der Waals surface area contributed by atoms with E-state index in [4.69, 9.17) is 28.2 Å². The number of amides is 1. The maximum atomic E-state index is 12.7. The number of halogens is 3. The van der Waals surface area contributed by atoms with Crippen LogP contribution in [0.1, 0.15) is 10.4 Å². The van der Waals surface area contributed by atoms with E-state index in [9.17, 15) is 4.79 Å². The predicted molar refractivity (Wildman–Crippen MR) is 117 cm³/mol. The summed E-state index contributed by atoms with van der Waals surface area (Å²) in [5.74, 6) is -0.266. The lowest BCUT2D eigenvalue weighted by Crippen LogP contribution is -2.12. The molecule has 0 aliphatic carbocycles. The minimum Gasteiger partial charge on any atom is -0.321 e. The fraction of sp³-hybridized carbons (Fsp3) is 0. The zero-order chi connectivity index (χ0) is 19.0. The van der Waals surface area contributed by atoms with Gasteiger partial charge in [-0.15, -0.1) is 11.3 Å². The number of carbonyl (C=O) groups excluding carboxylic acids is 1. The Hall–Kier alpha value is -1.92. The summed E-state index contributed by atoms with van der Waals surface area (Å²) in [4.78, 5) is 17.4. The molecule has 0 aliphatic rings. The van der Waals surface area contributed by atoms with E-state index in [-0.39, 0.29) is 5.91 Å². The molecule has 3 nitrogen and oxygen atoms in total. The highest BCUT2D eigenvalue weighted by atomic mass is 79.9. The lowest BCUT2D eigenvalue weighted by molar-refractivity contribution is 0.102. The molecule has 3 aromatic carbocycles. The number of hydrogen-bond acceptors (Lipinski definition) is 3. The lowest BCUT2D eigenvalue weighted by Gasteiger charge is -2.10. The number of benzene rings is 3. The fourth-order valence-electron chi connectivity index (χ4n) is 2.62. The summed E-state index contributed by atoms with van der Waals surface area (Å²) in [5.41, 5.74) is 2.88. The summed E-state index contributed by atoms with van der Waals surface area (Å²) in [7, 11) is 0. The number of nitrogens with one attached hydrogen (secondary N) is 1. The number of para-hydroxylation sites is 1. The van der Waals surface area contributed by atoms with E-state index >= 15 is 0 Å². The predicted octanol–water partition coefficient (Wildman–Crippen LogP) is 7.28. The number of aromatic nitrogens is 1. The molecular weight excluding hydrogens is 467 g/mol. The number of thiazole rings is 1. The second-order valence-electron chi connectivity index (χ2n) is 5.76. The molecule has 4 aromatic rings. The highest BCUT2D eigenvalue weighted by molar-refractivity contribution is 9.10. The Morgan fingerprint density at radius 3 is 2.59 bits per heavy atom. The number of anilines is 1. The van der Waals surface area contributed by atoms with E-state index < -0.39 is 0 Å². The van der Waals surface area contributed by atoms with Crippen molar-refractivity contribution in [2.24, 2.45) is 0 Å². The van der Waals surface area contributed by atoms with Crippen molar-refractivity contribution in [3.05, 3.63) is 80.7 Å².